The number of hydrogen-bond donors (Lipinski definition) is 5. The van der Waals surface area contributed by atoms with Gasteiger partial charge in [-0.2, -0.15) is 0 Å². The fourth-order valence-electron chi connectivity index (χ4n) is 13.2. The summed E-state index contributed by atoms with van der Waals surface area (Å²) in [4.78, 5) is 15.6. The SMILES string of the molecule is NCCO[C@@H]1OC(CO)[C@H](O)C(O)[C@@H]1NC(=O)C1(C2(C3(C4(C5CCCCC5)CCCCC4)CCCCC3)CCCCC2)CCCCC1. The molecule has 1 saturated heterocycles. The maximum Gasteiger partial charge on any atom is 0.227 e. The zero-order valence-electron chi connectivity index (χ0n) is 29.4. The molecule has 0 aromatic carbocycles. The lowest BCUT2D eigenvalue weighted by Gasteiger charge is -2.72. The van der Waals surface area contributed by atoms with Gasteiger partial charge in [0.2, 0.25) is 5.91 Å². The molecule has 6 rings (SSSR count). The molecule has 0 radical (unpaired) electrons. The van der Waals surface area contributed by atoms with Crippen LogP contribution in [0, 0.1) is 27.6 Å². The zero-order valence-corrected chi connectivity index (χ0v) is 29.4. The van der Waals surface area contributed by atoms with Gasteiger partial charge in [0.05, 0.1) is 18.6 Å². The Morgan fingerprint density at radius 2 is 1.21 bits per heavy atom. The third-order valence-electron chi connectivity index (χ3n) is 15.1. The van der Waals surface area contributed by atoms with Crippen LogP contribution >= 0.6 is 0 Å². The Morgan fingerprint density at radius 1 is 0.702 bits per heavy atom. The number of aliphatic hydroxyl groups is 3. The molecule has 1 aliphatic heterocycles. The van der Waals surface area contributed by atoms with Crippen molar-refractivity contribution in [2.75, 3.05) is 19.8 Å². The van der Waals surface area contributed by atoms with Gasteiger partial charge >= 0.3 is 0 Å². The fraction of sp³-hybridized carbons (Fsp3) is 0.974. The Labute approximate surface area is 284 Å². The Hall–Kier alpha value is -0.770. The molecule has 1 heterocycles. The van der Waals surface area contributed by atoms with Crippen molar-refractivity contribution >= 4 is 5.91 Å². The van der Waals surface area contributed by atoms with Crippen LogP contribution in [0.1, 0.15) is 161 Å². The van der Waals surface area contributed by atoms with Crippen LogP contribution in [0.3, 0.4) is 0 Å². The van der Waals surface area contributed by atoms with E-state index >= 15 is 4.79 Å². The molecule has 5 saturated carbocycles. The van der Waals surface area contributed by atoms with Gasteiger partial charge in [-0.1, -0.05) is 96.3 Å². The molecule has 0 aromatic heterocycles. The van der Waals surface area contributed by atoms with Crippen molar-refractivity contribution < 1.29 is 29.6 Å². The van der Waals surface area contributed by atoms with E-state index < -0.39 is 42.7 Å². The number of nitrogens with two attached hydrogens (primary N) is 1. The van der Waals surface area contributed by atoms with Crippen LogP contribution in [-0.4, -0.2) is 71.6 Å². The standard InChI is InChI=1S/C39H68N2O6/c40-26-27-46-34-31(33(44)32(43)30(28-42)47-34)41-35(45)37(20-10-3-11-21-37)39(24-14-5-15-25-39)38(22-12-4-13-23-38)36(18-8-2-9-19-36)29-16-6-1-7-17-29/h29-34,42-44H,1-28,40H2,(H,41,45)/t30?,31-,32-,33?,34+/m0/s1. The molecule has 6 fully saturated rings. The minimum absolute atomic E-state index is 0.0577. The summed E-state index contributed by atoms with van der Waals surface area (Å²) in [6.07, 6.45) is 26.4. The third kappa shape index (κ3) is 6.26. The molecule has 0 aromatic rings. The minimum Gasteiger partial charge on any atom is -0.394 e. The van der Waals surface area contributed by atoms with E-state index in [1.54, 1.807) is 0 Å². The van der Waals surface area contributed by atoms with Crippen LogP contribution in [-0.2, 0) is 14.3 Å². The van der Waals surface area contributed by atoms with Crippen LogP contribution < -0.4 is 11.1 Å². The van der Waals surface area contributed by atoms with Gasteiger partial charge in [-0.05, 0) is 86.4 Å². The molecule has 6 N–H and O–H groups in total. The summed E-state index contributed by atoms with van der Waals surface area (Å²) in [5.74, 6) is 0.827. The molecule has 47 heavy (non-hydrogen) atoms. The maximum atomic E-state index is 15.6. The number of ether oxygens (including phenoxy) is 2. The van der Waals surface area contributed by atoms with Crippen LogP contribution in [0.25, 0.3) is 0 Å². The lowest BCUT2D eigenvalue weighted by molar-refractivity contribution is -0.271. The van der Waals surface area contributed by atoms with Crippen molar-refractivity contribution in [2.45, 2.75) is 191 Å². The van der Waals surface area contributed by atoms with Crippen molar-refractivity contribution in [1.82, 2.24) is 5.32 Å². The van der Waals surface area contributed by atoms with Crippen LogP contribution in [0.15, 0.2) is 0 Å². The average molecular weight is 661 g/mol. The summed E-state index contributed by atoms with van der Waals surface area (Å²) < 4.78 is 12.0. The fourth-order valence-corrected chi connectivity index (χ4v) is 13.2. The first-order chi connectivity index (χ1) is 22.9. The molecule has 270 valence electrons. The van der Waals surface area contributed by atoms with E-state index in [-0.39, 0.29) is 29.9 Å². The van der Waals surface area contributed by atoms with Crippen LogP contribution in [0.5, 0.6) is 0 Å². The van der Waals surface area contributed by atoms with Crippen LogP contribution in [0.4, 0.5) is 0 Å². The van der Waals surface area contributed by atoms with Gasteiger partial charge in [0.25, 0.3) is 0 Å². The van der Waals surface area contributed by atoms with Crippen molar-refractivity contribution in [3.8, 4) is 0 Å². The number of amides is 1. The van der Waals surface area contributed by atoms with E-state index in [1.807, 2.05) is 0 Å². The zero-order chi connectivity index (χ0) is 33.0. The minimum atomic E-state index is -1.32. The summed E-state index contributed by atoms with van der Waals surface area (Å²) in [7, 11) is 0. The second-order valence-electron chi connectivity index (χ2n) is 16.8. The van der Waals surface area contributed by atoms with Gasteiger partial charge in [0, 0.05) is 6.54 Å². The molecule has 8 heteroatoms. The molecule has 1 amide bonds. The molecule has 5 aliphatic carbocycles. The van der Waals surface area contributed by atoms with E-state index in [1.165, 1.54) is 122 Å². The average Bonchev–Trinajstić information content (AvgIpc) is 3.14. The van der Waals surface area contributed by atoms with E-state index in [0.717, 1.165) is 44.4 Å². The maximum absolute atomic E-state index is 15.6. The molecule has 0 bridgehead atoms. The molecular weight excluding hydrogens is 592 g/mol. The second kappa shape index (κ2) is 15.6. The predicted octanol–water partition coefficient (Wildman–Crippen LogP) is 6.27. The lowest BCUT2D eigenvalue weighted by Crippen LogP contribution is -2.70. The number of hydrogen-bond acceptors (Lipinski definition) is 7. The Kier molecular flexibility index (Phi) is 12.0. The van der Waals surface area contributed by atoms with Gasteiger partial charge in [-0.3, -0.25) is 4.79 Å². The first kappa shape index (κ1) is 36.0. The van der Waals surface area contributed by atoms with Crippen LogP contribution in [0.2, 0.25) is 0 Å². The molecule has 8 nitrogen and oxygen atoms in total. The van der Waals surface area contributed by atoms with Crippen molar-refractivity contribution in [3.05, 3.63) is 0 Å². The third-order valence-corrected chi connectivity index (χ3v) is 15.1. The van der Waals surface area contributed by atoms with Gasteiger partial charge in [-0.25, -0.2) is 0 Å². The Balaban J connectivity index is 1.46. The smallest absolute Gasteiger partial charge is 0.227 e. The topological polar surface area (TPSA) is 134 Å². The lowest BCUT2D eigenvalue weighted by atomic mass is 9.32. The van der Waals surface area contributed by atoms with E-state index in [2.05, 4.69) is 5.32 Å². The normalized spacial score (nSPS) is 36.0. The van der Waals surface area contributed by atoms with Crippen molar-refractivity contribution in [3.63, 3.8) is 0 Å². The summed E-state index contributed by atoms with van der Waals surface area (Å²) in [6, 6.07) is -0.935. The second-order valence-corrected chi connectivity index (χ2v) is 16.8. The molecular formula is C39H68N2O6. The van der Waals surface area contributed by atoms with Gasteiger partial charge in [-0.15, -0.1) is 0 Å². The van der Waals surface area contributed by atoms with E-state index in [9.17, 15) is 15.3 Å². The van der Waals surface area contributed by atoms with Crippen molar-refractivity contribution in [1.29, 1.82) is 0 Å². The number of carbonyl (C=O) groups excluding carboxylic acids is 1. The highest BCUT2D eigenvalue weighted by Gasteiger charge is 2.71. The molecule has 5 atom stereocenters. The number of carbonyl (C=O) groups is 1. The summed E-state index contributed by atoms with van der Waals surface area (Å²) >= 11 is 0. The highest BCUT2D eigenvalue weighted by Crippen LogP contribution is 2.77. The predicted molar refractivity (Wildman–Crippen MR) is 183 cm³/mol. The highest BCUT2D eigenvalue weighted by molar-refractivity contribution is 5.84. The van der Waals surface area contributed by atoms with Gasteiger partial charge in [0.1, 0.15) is 24.4 Å². The molecule has 6 aliphatic rings. The van der Waals surface area contributed by atoms with Crippen molar-refractivity contribution in [2.24, 2.45) is 33.3 Å². The summed E-state index contributed by atoms with van der Waals surface area (Å²) in [6.45, 7) is 0.0160. The van der Waals surface area contributed by atoms with E-state index in [0.29, 0.717) is 5.41 Å². The number of rotatable bonds is 10. The van der Waals surface area contributed by atoms with Gasteiger partial charge in [0.15, 0.2) is 6.29 Å². The Morgan fingerprint density at radius 3 is 1.77 bits per heavy atom. The molecule has 2 unspecified atom stereocenters. The summed E-state index contributed by atoms with van der Waals surface area (Å²) in [5.41, 5.74) is 5.62. The van der Waals surface area contributed by atoms with E-state index in [4.69, 9.17) is 15.2 Å². The monoisotopic (exact) mass is 661 g/mol. The highest BCUT2D eigenvalue weighted by atomic mass is 16.7. The Bertz CT molecular complexity index is 991. The summed E-state index contributed by atoms with van der Waals surface area (Å²) in [5, 5.41) is 35.7. The quantitative estimate of drug-likeness (QED) is 0.187. The first-order valence-corrected chi connectivity index (χ1v) is 20.2. The number of aliphatic hydroxyl groups excluding tert-OH is 3. The first-order valence-electron chi connectivity index (χ1n) is 20.2. The van der Waals surface area contributed by atoms with Gasteiger partial charge < -0.3 is 35.8 Å². The number of nitrogens with one attached hydrogen (secondary N) is 1. The molecule has 0 spiro atoms. The largest absolute Gasteiger partial charge is 0.394 e.